The van der Waals surface area contributed by atoms with Crippen molar-refractivity contribution in [1.29, 1.82) is 0 Å². The van der Waals surface area contributed by atoms with E-state index in [0.717, 1.165) is 0 Å². The molecular weight excluding hydrogens is 452 g/mol. The van der Waals surface area contributed by atoms with Crippen molar-refractivity contribution in [3.63, 3.8) is 0 Å². The van der Waals surface area contributed by atoms with Crippen LogP contribution < -0.4 is 11.3 Å². The standard InChI is InChI=1S/C26H21F2N5O2/c1-26(35)12-15(13-26)24-31-21(22-23(29)30-7-9-33(22)24)17-11-16-14(10-19(17)28)6-8-32(25(16)34)20-5-3-2-4-18(20)27/h2-11,15,35H,12-13H2,1H3,(H2,29,30). The molecule has 0 radical (unpaired) electrons. The third-order valence-electron chi connectivity index (χ3n) is 6.71. The molecule has 0 bridgehead atoms. The Hall–Kier alpha value is -4.11. The summed E-state index contributed by atoms with van der Waals surface area (Å²) in [4.78, 5) is 22.2. The van der Waals surface area contributed by atoms with Crippen LogP contribution in [-0.2, 0) is 0 Å². The van der Waals surface area contributed by atoms with E-state index in [1.54, 1.807) is 35.7 Å². The highest BCUT2D eigenvalue weighted by Crippen LogP contribution is 2.45. The normalized spacial score (nSPS) is 19.8. The van der Waals surface area contributed by atoms with E-state index in [9.17, 15) is 14.3 Å². The molecule has 3 N–H and O–H groups in total. The van der Waals surface area contributed by atoms with Crippen LogP contribution >= 0.6 is 0 Å². The van der Waals surface area contributed by atoms with Gasteiger partial charge in [-0.05, 0) is 55.5 Å². The molecule has 3 aromatic heterocycles. The number of anilines is 1. The van der Waals surface area contributed by atoms with Crippen molar-refractivity contribution in [1.82, 2.24) is 18.9 Å². The van der Waals surface area contributed by atoms with Gasteiger partial charge in [0.25, 0.3) is 5.56 Å². The number of nitrogens with zero attached hydrogens (tertiary/aromatic N) is 4. The number of para-hydroxylation sites is 1. The van der Waals surface area contributed by atoms with E-state index in [4.69, 9.17) is 10.7 Å². The summed E-state index contributed by atoms with van der Waals surface area (Å²) in [5.74, 6) is -0.335. The predicted octanol–water partition coefficient (Wildman–Crippen LogP) is 4.19. The molecule has 1 saturated carbocycles. The third-order valence-corrected chi connectivity index (χ3v) is 6.71. The monoisotopic (exact) mass is 473 g/mol. The molecule has 0 saturated heterocycles. The highest BCUT2D eigenvalue weighted by atomic mass is 19.1. The molecule has 6 rings (SSSR count). The summed E-state index contributed by atoms with van der Waals surface area (Å²) in [5.41, 5.74) is 5.80. The fourth-order valence-electron chi connectivity index (χ4n) is 5.03. The second kappa shape index (κ2) is 7.44. The van der Waals surface area contributed by atoms with Crippen LogP contribution in [0.3, 0.4) is 0 Å². The van der Waals surface area contributed by atoms with Gasteiger partial charge in [-0.2, -0.15) is 0 Å². The zero-order chi connectivity index (χ0) is 24.5. The maximum Gasteiger partial charge on any atom is 0.263 e. The van der Waals surface area contributed by atoms with Gasteiger partial charge in [0.15, 0.2) is 0 Å². The van der Waals surface area contributed by atoms with Crippen LogP contribution in [0.1, 0.15) is 31.5 Å². The molecule has 2 aromatic carbocycles. The van der Waals surface area contributed by atoms with E-state index >= 15 is 4.39 Å². The Kier molecular flexibility index (Phi) is 4.56. The zero-order valence-corrected chi connectivity index (χ0v) is 18.7. The number of pyridine rings is 1. The van der Waals surface area contributed by atoms with Gasteiger partial charge in [0.2, 0.25) is 0 Å². The number of hydrogen-bond donors (Lipinski definition) is 2. The van der Waals surface area contributed by atoms with Gasteiger partial charge in [-0.1, -0.05) is 12.1 Å². The molecule has 3 heterocycles. The van der Waals surface area contributed by atoms with Crippen molar-refractivity contribution in [3.8, 4) is 16.9 Å². The molecule has 35 heavy (non-hydrogen) atoms. The number of aromatic nitrogens is 4. The molecule has 0 aliphatic heterocycles. The predicted molar refractivity (Wildman–Crippen MR) is 128 cm³/mol. The minimum Gasteiger partial charge on any atom is -0.390 e. The van der Waals surface area contributed by atoms with Crippen LogP contribution in [0.25, 0.3) is 33.2 Å². The molecule has 1 aliphatic carbocycles. The first-order valence-corrected chi connectivity index (χ1v) is 11.2. The number of fused-ring (bicyclic) bond motifs is 2. The Bertz CT molecular complexity index is 1700. The van der Waals surface area contributed by atoms with Crippen LogP contribution in [0, 0.1) is 11.6 Å². The molecular formula is C26H21F2N5O2. The number of rotatable bonds is 3. The van der Waals surface area contributed by atoms with Gasteiger partial charge in [0.1, 0.15) is 34.5 Å². The number of halogens is 2. The van der Waals surface area contributed by atoms with Crippen LogP contribution in [-0.4, -0.2) is 29.6 Å². The number of aliphatic hydroxyl groups is 1. The summed E-state index contributed by atoms with van der Waals surface area (Å²) >= 11 is 0. The quantitative estimate of drug-likeness (QED) is 0.410. The summed E-state index contributed by atoms with van der Waals surface area (Å²) in [7, 11) is 0. The number of nitrogen functional groups attached to an aromatic ring is 1. The van der Waals surface area contributed by atoms with Crippen molar-refractivity contribution >= 4 is 22.1 Å². The van der Waals surface area contributed by atoms with Gasteiger partial charge in [0, 0.05) is 35.5 Å². The Morgan fingerprint density at radius 3 is 2.63 bits per heavy atom. The molecule has 9 heteroatoms. The summed E-state index contributed by atoms with van der Waals surface area (Å²) in [5, 5.41) is 10.8. The molecule has 5 aromatic rings. The lowest BCUT2D eigenvalue weighted by atomic mass is 9.72. The van der Waals surface area contributed by atoms with E-state index in [0.29, 0.717) is 29.6 Å². The van der Waals surface area contributed by atoms with Crippen molar-refractivity contribution in [2.45, 2.75) is 31.3 Å². The molecule has 176 valence electrons. The topological polar surface area (TPSA) is 98.4 Å². The van der Waals surface area contributed by atoms with Gasteiger partial charge >= 0.3 is 0 Å². The Labute approximate surface area is 198 Å². The SMILES string of the molecule is CC1(O)CC(c2nc(-c3cc4c(=O)n(-c5ccccc5F)ccc4cc3F)c3c(N)nccn23)C1. The number of nitrogens with two attached hydrogens (primary N) is 1. The molecule has 1 aliphatic rings. The third kappa shape index (κ3) is 3.30. The van der Waals surface area contributed by atoms with Gasteiger partial charge in [0.05, 0.1) is 11.3 Å². The van der Waals surface area contributed by atoms with Crippen molar-refractivity contribution < 1.29 is 13.9 Å². The summed E-state index contributed by atoms with van der Waals surface area (Å²) in [6, 6.07) is 10.2. The zero-order valence-electron chi connectivity index (χ0n) is 18.7. The highest BCUT2D eigenvalue weighted by molar-refractivity contribution is 5.92. The molecule has 0 atom stereocenters. The average Bonchev–Trinajstić information content (AvgIpc) is 3.18. The minimum atomic E-state index is -0.777. The largest absolute Gasteiger partial charge is 0.390 e. The summed E-state index contributed by atoms with van der Waals surface area (Å²) in [6.45, 7) is 1.76. The van der Waals surface area contributed by atoms with Crippen LogP contribution in [0.5, 0.6) is 0 Å². The number of benzene rings is 2. The van der Waals surface area contributed by atoms with E-state index in [-0.39, 0.29) is 34.1 Å². The first-order valence-electron chi connectivity index (χ1n) is 11.2. The summed E-state index contributed by atoms with van der Waals surface area (Å²) in [6.07, 6.45) is 5.70. The smallest absolute Gasteiger partial charge is 0.263 e. The molecule has 1 fully saturated rings. The van der Waals surface area contributed by atoms with Crippen molar-refractivity contribution in [2.75, 3.05) is 5.73 Å². The van der Waals surface area contributed by atoms with Gasteiger partial charge < -0.3 is 10.8 Å². The lowest BCUT2D eigenvalue weighted by molar-refractivity contribution is -0.0335. The average molecular weight is 473 g/mol. The molecule has 0 spiro atoms. The van der Waals surface area contributed by atoms with E-state index in [1.807, 2.05) is 0 Å². The van der Waals surface area contributed by atoms with Crippen molar-refractivity contribution in [3.05, 3.63) is 88.9 Å². The second-order valence-electron chi connectivity index (χ2n) is 9.31. The second-order valence-corrected chi connectivity index (χ2v) is 9.31. The Morgan fingerprint density at radius 1 is 1.11 bits per heavy atom. The van der Waals surface area contributed by atoms with E-state index < -0.39 is 22.8 Å². The van der Waals surface area contributed by atoms with Crippen molar-refractivity contribution in [2.24, 2.45) is 0 Å². The highest BCUT2D eigenvalue weighted by Gasteiger charge is 2.42. The van der Waals surface area contributed by atoms with Gasteiger partial charge in [-0.15, -0.1) is 0 Å². The molecule has 7 nitrogen and oxygen atoms in total. The first-order chi connectivity index (χ1) is 16.7. The lowest BCUT2D eigenvalue weighted by Crippen LogP contribution is -2.40. The summed E-state index contributed by atoms with van der Waals surface area (Å²) < 4.78 is 32.7. The van der Waals surface area contributed by atoms with Gasteiger partial charge in [-0.25, -0.2) is 18.7 Å². The number of hydrogen-bond acceptors (Lipinski definition) is 5. The maximum atomic E-state index is 15.4. The van der Waals surface area contributed by atoms with Crippen LogP contribution in [0.15, 0.2) is 65.8 Å². The fraction of sp³-hybridized carbons (Fsp3) is 0.192. The van der Waals surface area contributed by atoms with E-state index in [1.165, 1.54) is 41.2 Å². The van der Waals surface area contributed by atoms with Crippen LogP contribution in [0.2, 0.25) is 0 Å². The fourth-order valence-corrected chi connectivity index (χ4v) is 5.03. The molecule has 0 unspecified atom stereocenters. The number of imidazole rings is 1. The van der Waals surface area contributed by atoms with Gasteiger partial charge in [-0.3, -0.25) is 13.8 Å². The molecule has 0 amide bonds. The lowest BCUT2D eigenvalue weighted by Gasteiger charge is -2.40. The first kappa shape index (κ1) is 21.4. The van der Waals surface area contributed by atoms with E-state index in [2.05, 4.69) is 4.98 Å². The van der Waals surface area contributed by atoms with Crippen LogP contribution in [0.4, 0.5) is 14.6 Å². The Balaban J connectivity index is 1.58. The minimum absolute atomic E-state index is 0.0325. The maximum absolute atomic E-state index is 15.4. The Morgan fingerprint density at radius 2 is 1.89 bits per heavy atom.